The van der Waals surface area contributed by atoms with E-state index in [2.05, 4.69) is 10.6 Å². The summed E-state index contributed by atoms with van der Waals surface area (Å²) < 4.78 is 10.2. The highest BCUT2D eigenvalue weighted by Crippen LogP contribution is 2.32. The van der Waals surface area contributed by atoms with Crippen LogP contribution >= 0.6 is 11.6 Å². The molecule has 1 amide bonds. The van der Waals surface area contributed by atoms with E-state index in [0.717, 1.165) is 0 Å². The van der Waals surface area contributed by atoms with Gasteiger partial charge in [0.25, 0.3) is 5.91 Å². The average molecular weight is 243 g/mol. The molecule has 2 rings (SSSR count). The minimum absolute atomic E-state index is 0.178. The summed E-state index contributed by atoms with van der Waals surface area (Å²) in [6, 6.07) is 3.26. The number of anilines is 1. The van der Waals surface area contributed by atoms with Gasteiger partial charge in [-0.1, -0.05) is 11.6 Å². The van der Waals surface area contributed by atoms with Crippen LogP contribution in [0.3, 0.4) is 0 Å². The summed E-state index contributed by atoms with van der Waals surface area (Å²) in [6.45, 7) is 0.516. The van der Waals surface area contributed by atoms with E-state index < -0.39 is 0 Å². The summed E-state index contributed by atoms with van der Waals surface area (Å²) in [7, 11) is 1.57. The molecule has 5 nitrogen and oxygen atoms in total. The van der Waals surface area contributed by atoms with Gasteiger partial charge in [-0.2, -0.15) is 0 Å². The molecule has 1 aromatic rings. The number of hydrogen-bond donors (Lipinski definition) is 2. The summed E-state index contributed by atoms with van der Waals surface area (Å²) in [5, 5.41) is 5.98. The highest BCUT2D eigenvalue weighted by atomic mass is 35.5. The van der Waals surface area contributed by atoms with Crippen LogP contribution in [0.15, 0.2) is 12.1 Å². The molecule has 0 saturated heterocycles. The first-order valence-electron chi connectivity index (χ1n) is 4.69. The van der Waals surface area contributed by atoms with Gasteiger partial charge in [-0.3, -0.25) is 4.79 Å². The van der Waals surface area contributed by atoms with E-state index in [1.165, 1.54) is 0 Å². The number of fused-ring (bicyclic) bond motifs is 1. The van der Waals surface area contributed by atoms with Gasteiger partial charge >= 0.3 is 0 Å². The maximum atomic E-state index is 11.5. The van der Waals surface area contributed by atoms with Crippen LogP contribution in [0.1, 0.15) is 10.4 Å². The van der Waals surface area contributed by atoms with E-state index in [9.17, 15) is 4.79 Å². The first-order chi connectivity index (χ1) is 7.72. The van der Waals surface area contributed by atoms with Crippen molar-refractivity contribution in [3.8, 4) is 5.75 Å². The number of carbonyl (C=O) groups is 1. The Morgan fingerprint density at radius 3 is 3.19 bits per heavy atom. The second-order valence-corrected chi connectivity index (χ2v) is 3.64. The number of amides is 1. The minimum atomic E-state index is -0.179. The lowest BCUT2D eigenvalue weighted by Gasteiger charge is -2.19. The Bertz CT molecular complexity index is 423. The van der Waals surface area contributed by atoms with Crippen LogP contribution in [-0.4, -0.2) is 26.5 Å². The standard InChI is InChI=1S/C10H11ClN2O3/c1-15-4-12-8-3-9-6(2-7(8)11)10(14)13-5-16-9/h2-3,12H,4-5H2,1H3,(H,13,14). The van der Waals surface area contributed by atoms with Crippen LogP contribution in [0.25, 0.3) is 0 Å². The first-order valence-corrected chi connectivity index (χ1v) is 5.07. The molecule has 0 radical (unpaired) electrons. The lowest BCUT2D eigenvalue weighted by Crippen LogP contribution is -2.33. The van der Waals surface area contributed by atoms with Crippen molar-refractivity contribution in [2.75, 3.05) is 25.9 Å². The largest absolute Gasteiger partial charge is 0.472 e. The van der Waals surface area contributed by atoms with Crippen LogP contribution in [-0.2, 0) is 4.74 Å². The molecule has 1 aromatic carbocycles. The fraction of sp³-hybridized carbons (Fsp3) is 0.300. The number of nitrogens with one attached hydrogen (secondary N) is 2. The van der Waals surface area contributed by atoms with Crippen LogP contribution in [0.5, 0.6) is 5.75 Å². The molecule has 0 aromatic heterocycles. The van der Waals surface area contributed by atoms with Gasteiger partial charge in [0.15, 0.2) is 6.73 Å². The molecule has 0 spiro atoms. The van der Waals surface area contributed by atoms with Crippen molar-refractivity contribution in [3.63, 3.8) is 0 Å². The summed E-state index contributed by atoms with van der Waals surface area (Å²) in [5.74, 6) is 0.341. The van der Waals surface area contributed by atoms with Gasteiger partial charge in [0, 0.05) is 13.2 Å². The zero-order valence-corrected chi connectivity index (χ0v) is 9.43. The molecular formula is C10H11ClN2O3. The Morgan fingerprint density at radius 2 is 2.44 bits per heavy atom. The third kappa shape index (κ3) is 2.05. The number of carbonyl (C=O) groups excluding carboxylic acids is 1. The minimum Gasteiger partial charge on any atom is -0.472 e. The van der Waals surface area contributed by atoms with Crippen molar-refractivity contribution in [2.45, 2.75) is 0 Å². The quantitative estimate of drug-likeness (QED) is 0.788. The van der Waals surface area contributed by atoms with Crippen molar-refractivity contribution >= 4 is 23.2 Å². The first kappa shape index (κ1) is 11.0. The fourth-order valence-electron chi connectivity index (χ4n) is 1.41. The predicted octanol–water partition coefficient (Wildman–Crippen LogP) is 1.44. The topological polar surface area (TPSA) is 59.6 Å². The number of rotatable bonds is 3. The molecule has 6 heteroatoms. The molecule has 0 aliphatic carbocycles. The number of ether oxygens (including phenoxy) is 2. The molecule has 1 aliphatic rings. The van der Waals surface area contributed by atoms with Gasteiger partial charge in [-0.25, -0.2) is 0 Å². The predicted molar refractivity (Wildman–Crippen MR) is 59.9 cm³/mol. The number of halogens is 1. The lowest BCUT2D eigenvalue weighted by atomic mass is 10.1. The molecule has 1 aliphatic heterocycles. The summed E-state index contributed by atoms with van der Waals surface area (Å²) in [4.78, 5) is 11.5. The maximum absolute atomic E-state index is 11.5. The van der Waals surface area contributed by atoms with Gasteiger partial charge in [-0.05, 0) is 6.07 Å². The third-order valence-corrected chi connectivity index (χ3v) is 2.49. The molecule has 0 unspecified atom stereocenters. The average Bonchev–Trinajstić information content (AvgIpc) is 2.28. The molecule has 1 heterocycles. The smallest absolute Gasteiger partial charge is 0.257 e. The number of methoxy groups -OCH3 is 1. The Hall–Kier alpha value is -1.46. The Kier molecular flexibility index (Phi) is 3.17. The summed E-state index contributed by atoms with van der Waals surface area (Å²) >= 11 is 6.01. The Morgan fingerprint density at radius 1 is 1.62 bits per heavy atom. The normalized spacial score (nSPS) is 13.8. The SMILES string of the molecule is COCNc1cc2c(cc1Cl)C(=O)NCO2. The van der Waals surface area contributed by atoms with E-state index in [0.29, 0.717) is 28.8 Å². The van der Waals surface area contributed by atoms with Gasteiger partial charge in [0.1, 0.15) is 12.5 Å². The molecular weight excluding hydrogens is 232 g/mol. The monoisotopic (exact) mass is 242 g/mol. The highest BCUT2D eigenvalue weighted by Gasteiger charge is 2.19. The van der Waals surface area contributed by atoms with Crippen molar-refractivity contribution in [2.24, 2.45) is 0 Å². The molecule has 0 bridgehead atoms. The number of hydrogen-bond acceptors (Lipinski definition) is 4. The summed E-state index contributed by atoms with van der Waals surface area (Å²) in [6.07, 6.45) is 0. The zero-order chi connectivity index (χ0) is 11.5. The van der Waals surface area contributed by atoms with Crippen molar-refractivity contribution < 1.29 is 14.3 Å². The molecule has 0 fully saturated rings. The molecule has 0 saturated carbocycles. The molecule has 16 heavy (non-hydrogen) atoms. The molecule has 2 N–H and O–H groups in total. The third-order valence-electron chi connectivity index (χ3n) is 2.18. The van der Waals surface area contributed by atoms with Crippen LogP contribution in [0, 0.1) is 0 Å². The van der Waals surface area contributed by atoms with Crippen molar-refractivity contribution in [1.29, 1.82) is 0 Å². The van der Waals surface area contributed by atoms with Crippen LogP contribution in [0.2, 0.25) is 5.02 Å². The van der Waals surface area contributed by atoms with E-state index in [4.69, 9.17) is 21.1 Å². The van der Waals surface area contributed by atoms with E-state index in [-0.39, 0.29) is 12.6 Å². The van der Waals surface area contributed by atoms with Crippen molar-refractivity contribution in [1.82, 2.24) is 5.32 Å². The Balaban J connectivity index is 2.33. The number of benzene rings is 1. The summed E-state index contributed by atoms with van der Waals surface area (Å²) in [5.41, 5.74) is 1.12. The highest BCUT2D eigenvalue weighted by molar-refractivity contribution is 6.33. The van der Waals surface area contributed by atoms with Crippen LogP contribution in [0.4, 0.5) is 5.69 Å². The molecule has 0 atom stereocenters. The van der Waals surface area contributed by atoms with Crippen molar-refractivity contribution in [3.05, 3.63) is 22.7 Å². The lowest BCUT2D eigenvalue weighted by molar-refractivity contribution is 0.0883. The van der Waals surface area contributed by atoms with Gasteiger partial charge in [0.2, 0.25) is 0 Å². The Labute approximate surface area is 97.7 Å². The second kappa shape index (κ2) is 4.59. The van der Waals surface area contributed by atoms with Gasteiger partial charge in [-0.15, -0.1) is 0 Å². The van der Waals surface area contributed by atoms with Gasteiger partial charge < -0.3 is 20.1 Å². The molecule has 86 valence electrons. The fourth-order valence-corrected chi connectivity index (χ4v) is 1.64. The van der Waals surface area contributed by atoms with Crippen LogP contribution < -0.4 is 15.4 Å². The van der Waals surface area contributed by atoms with E-state index in [1.54, 1.807) is 19.2 Å². The van der Waals surface area contributed by atoms with Gasteiger partial charge in [0.05, 0.1) is 16.3 Å². The van der Waals surface area contributed by atoms with E-state index in [1.807, 2.05) is 0 Å². The zero-order valence-electron chi connectivity index (χ0n) is 8.67. The second-order valence-electron chi connectivity index (χ2n) is 3.23. The van der Waals surface area contributed by atoms with E-state index >= 15 is 0 Å². The maximum Gasteiger partial charge on any atom is 0.257 e.